The number of alkyl carbamates (subject to hydrolysis) is 1. The Morgan fingerprint density at radius 1 is 1.04 bits per heavy atom. The van der Waals surface area contributed by atoms with E-state index in [0.717, 1.165) is 0 Å². The minimum atomic E-state index is -0.641. The van der Waals surface area contributed by atoms with Crippen molar-refractivity contribution in [2.24, 2.45) is 0 Å². The minimum absolute atomic E-state index is 0.0445. The van der Waals surface area contributed by atoms with Gasteiger partial charge in [-0.2, -0.15) is 0 Å². The number of nitrogens with zero attached hydrogens (tertiary/aromatic N) is 2. The third-order valence-electron chi connectivity index (χ3n) is 3.00. The average Bonchev–Trinajstić information content (AvgIpc) is 2.79. The van der Waals surface area contributed by atoms with Crippen LogP contribution in [0.25, 0.3) is 11.0 Å². The Morgan fingerprint density at radius 3 is 2.24 bits per heavy atom. The largest absolute Gasteiger partial charge is 0.444 e. The molecular formula is C18H25N3O4. The maximum Gasteiger partial charge on any atom is 0.420 e. The Morgan fingerprint density at radius 2 is 1.64 bits per heavy atom. The van der Waals surface area contributed by atoms with Crippen molar-refractivity contribution in [1.82, 2.24) is 14.9 Å². The van der Waals surface area contributed by atoms with Crippen LogP contribution in [0.4, 0.5) is 9.59 Å². The zero-order valence-corrected chi connectivity index (χ0v) is 15.5. The predicted octanol–water partition coefficient (Wildman–Crippen LogP) is 3.84. The van der Waals surface area contributed by atoms with E-state index in [1.807, 2.05) is 12.1 Å². The third-order valence-corrected chi connectivity index (χ3v) is 3.00. The van der Waals surface area contributed by atoms with E-state index < -0.39 is 23.4 Å². The second kappa shape index (κ2) is 6.74. The van der Waals surface area contributed by atoms with Crippen LogP contribution in [0.5, 0.6) is 0 Å². The highest BCUT2D eigenvalue weighted by atomic mass is 16.6. The molecule has 0 bridgehead atoms. The highest BCUT2D eigenvalue weighted by Crippen LogP contribution is 2.19. The molecule has 2 rings (SSSR count). The van der Waals surface area contributed by atoms with Gasteiger partial charge in [0.1, 0.15) is 17.0 Å². The van der Waals surface area contributed by atoms with Crippen molar-refractivity contribution >= 4 is 23.2 Å². The maximum absolute atomic E-state index is 12.6. The number of carbonyl (C=O) groups is 2. The first-order chi connectivity index (χ1) is 11.5. The van der Waals surface area contributed by atoms with Gasteiger partial charge in [-0.15, -0.1) is 0 Å². The van der Waals surface area contributed by atoms with Crippen LogP contribution >= 0.6 is 0 Å². The maximum atomic E-state index is 12.6. The number of ether oxygens (including phenoxy) is 2. The van der Waals surface area contributed by atoms with Crippen LogP contribution in [0.3, 0.4) is 0 Å². The van der Waals surface area contributed by atoms with E-state index >= 15 is 0 Å². The van der Waals surface area contributed by atoms with Gasteiger partial charge in [0.15, 0.2) is 0 Å². The third kappa shape index (κ3) is 5.20. The normalized spacial score (nSPS) is 12.1. The molecule has 1 aromatic carbocycles. The van der Waals surface area contributed by atoms with Crippen LogP contribution in [0, 0.1) is 0 Å². The fraction of sp³-hybridized carbons (Fsp3) is 0.500. The van der Waals surface area contributed by atoms with Gasteiger partial charge in [0.25, 0.3) is 0 Å². The van der Waals surface area contributed by atoms with E-state index in [2.05, 4.69) is 10.3 Å². The van der Waals surface area contributed by atoms with E-state index in [4.69, 9.17) is 9.47 Å². The summed E-state index contributed by atoms with van der Waals surface area (Å²) in [7, 11) is 0. The highest BCUT2D eigenvalue weighted by Gasteiger charge is 2.24. The molecule has 2 aromatic rings. The summed E-state index contributed by atoms with van der Waals surface area (Å²) < 4.78 is 12.0. The van der Waals surface area contributed by atoms with E-state index in [1.165, 1.54) is 4.57 Å². The fourth-order valence-electron chi connectivity index (χ4n) is 2.17. The van der Waals surface area contributed by atoms with Gasteiger partial charge in [-0.3, -0.25) is 0 Å². The molecule has 25 heavy (non-hydrogen) atoms. The van der Waals surface area contributed by atoms with Gasteiger partial charge < -0.3 is 14.8 Å². The summed E-state index contributed by atoms with van der Waals surface area (Å²) in [4.78, 5) is 28.9. The molecule has 0 atom stereocenters. The molecule has 136 valence electrons. The Balaban J connectivity index is 2.28. The van der Waals surface area contributed by atoms with Gasteiger partial charge in [0.2, 0.25) is 0 Å². The van der Waals surface area contributed by atoms with Crippen LogP contribution in [-0.2, 0) is 16.0 Å². The Labute approximate surface area is 147 Å². The first kappa shape index (κ1) is 18.8. The number of para-hydroxylation sites is 2. The van der Waals surface area contributed by atoms with E-state index in [9.17, 15) is 9.59 Å². The number of hydrogen-bond acceptors (Lipinski definition) is 5. The summed E-state index contributed by atoms with van der Waals surface area (Å²) >= 11 is 0. The summed E-state index contributed by atoms with van der Waals surface area (Å²) in [6.07, 6.45) is -1.11. The lowest BCUT2D eigenvalue weighted by Crippen LogP contribution is -2.34. The lowest BCUT2D eigenvalue weighted by atomic mass is 10.2. The molecule has 0 aliphatic rings. The van der Waals surface area contributed by atoms with Crippen LogP contribution < -0.4 is 5.32 Å². The lowest BCUT2D eigenvalue weighted by Gasteiger charge is -2.21. The molecular weight excluding hydrogens is 322 g/mol. The van der Waals surface area contributed by atoms with Gasteiger partial charge in [-0.05, 0) is 53.7 Å². The number of hydrogen-bond donors (Lipinski definition) is 1. The SMILES string of the molecule is CC(C)(C)OC(=O)NCc1nc2ccccc2n1C(=O)OC(C)(C)C. The summed E-state index contributed by atoms with van der Waals surface area (Å²) in [5, 5.41) is 2.62. The lowest BCUT2D eigenvalue weighted by molar-refractivity contribution is 0.0497. The molecule has 0 saturated carbocycles. The first-order valence-corrected chi connectivity index (χ1v) is 8.13. The van der Waals surface area contributed by atoms with Crippen LogP contribution in [0.1, 0.15) is 47.4 Å². The summed E-state index contributed by atoms with van der Waals surface area (Å²) in [5.74, 6) is 0.376. The first-order valence-electron chi connectivity index (χ1n) is 8.13. The number of nitrogens with one attached hydrogen (secondary N) is 1. The van der Waals surface area contributed by atoms with Crippen molar-refractivity contribution in [3.05, 3.63) is 30.1 Å². The fourth-order valence-corrected chi connectivity index (χ4v) is 2.17. The van der Waals surface area contributed by atoms with Gasteiger partial charge >= 0.3 is 12.2 Å². The molecule has 0 unspecified atom stereocenters. The molecule has 1 aromatic heterocycles. The quantitative estimate of drug-likeness (QED) is 0.892. The number of carbonyl (C=O) groups excluding carboxylic acids is 2. The van der Waals surface area contributed by atoms with Crippen molar-refractivity contribution < 1.29 is 19.1 Å². The number of rotatable bonds is 2. The van der Waals surface area contributed by atoms with Crippen molar-refractivity contribution in [3.63, 3.8) is 0 Å². The van der Waals surface area contributed by atoms with Crippen molar-refractivity contribution in [2.45, 2.75) is 59.3 Å². The second-order valence-corrected chi connectivity index (χ2v) is 7.69. The van der Waals surface area contributed by atoms with E-state index in [-0.39, 0.29) is 6.54 Å². The number of amides is 1. The molecule has 1 heterocycles. The smallest absolute Gasteiger partial charge is 0.420 e. The average molecular weight is 347 g/mol. The molecule has 1 N–H and O–H groups in total. The molecule has 0 aliphatic carbocycles. The van der Waals surface area contributed by atoms with Gasteiger partial charge in [0.05, 0.1) is 17.6 Å². The summed E-state index contributed by atoms with van der Waals surface area (Å²) in [6, 6.07) is 7.23. The molecule has 0 aliphatic heterocycles. The Kier molecular flexibility index (Phi) is 5.06. The molecule has 0 radical (unpaired) electrons. The number of aromatic nitrogens is 2. The topological polar surface area (TPSA) is 82.5 Å². The van der Waals surface area contributed by atoms with Crippen molar-refractivity contribution in [3.8, 4) is 0 Å². The molecule has 0 spiro atoms. The standard InChI is InChI=1S/C18H25N3O4/c1-17(2,3)24-15(22)19-11-14-20-12-9-7-8-10-13(12)21(14)16(23)25-18(4,5)6/h7-10H,11H2,1-6H3,(H,19,22). The van der Waals surface area contributed by atoms with Crippen molar-refractivity contribution in [1.29, 1.82) is 0 Å². The zero-order chi connectivity index (χ0) is 18.8. The molecule has 7 nitrogen and oxygen atoms in total. The highest BCUT2D eigenvalue weighted by molar-refractivity contribution is 5.87. The minimum Gasteiger partial charge on any atom is -0.444 e. The molecule has 0 saturated heterocycles. The Hall–Kier alpha value is -2.57. The van der Waals surface area contributed by atoms with Crippen molar-refractivity contribution in [2.75, 3.05) is 0 Å². The van der Waals surface area contributed by atoms with Gasteiger partial charge in [-0.25, -0.2) is 19.1 Å². The Bertz CT molecular complexity index is 782. The summed E-state index contributed by atoms with van der Waals surface area (Å²) in [5.41, 5.74) is 0.0281. The van der Waals surface area contributed by atoms with Gasteiger partial charge in [0, 0.05) is 0 Å². The zero-order valence-electron chi connectivity index (χ0n) is 15.5. The van der Waals surface area contributed by atoms with Crippen LogP contribution in [-0.4, -0.2) is 32.9 Å². The monoisotopic (exact) mass is 347 g/mol. The summed E-state index contributed by atoms with van der Waals surface area (Å²) in [6.45, 7) is 10.8. The predicted molar refractivity (Wildman–Crippen MR) is 94.4 cm³/mol. The number of benzene rings is 1. The molecule has 0 fully saturated rings. The van der Waals surface area contributed by atoms with Crippen LogP contribution in [0.15, 0.2) is 24.3 Å². The van der Waals surface area contributed by atoms with Crippen LogP contribution in [0.2, 0.25) is 0 Å². The van der Waals surface area contributed by atoms with Gasteiger partial charge in [-0.1, -0.05) is 12.1 Å². The van der Waals surface area contributed by atoms with E-state index in [1.54, 1.807) is 53.7 Å². The second-order valence-electron chi connectivity index (χ2n) is 7.69. The van der Waals surface area contributed by atoms with E-state index in [0.29, 0.717) is 16.9 Å². The molecule has 1 amide bonds. The number of imidazole rings is 1. The molecule has 7 heteroatoms. The number of fused-ring (bicyclic) bond motifs is 1.